The van der Waals surface area contributed by atoms with Gasteiger partial charge in [-0.3, -0.25) is 4.79 Å². The van der Waals surface area contributed by atoms with Crippen LogP contribution in [0.4, 0.5) is 5.69 Å². The molecule has 0 aromatic heterocycles. The molecular weight excluding hydrogens is 264 g/mol. The van der Waals surface area contributed by atoms with E-state index in [1.807, 2.05) is 31.2 Å². The molecule has 1 aromatic rings. The Kier molecular flexibility index (Phi) is 5.37. The highest BCUT2D eigenvalue weighted by Crippen LogP contribution is 2.35. The van der Waals surface area contributed by atoms with Gasteiger partial charge < -0.3 is 15.4 Å². The monoisotopic (exact) mass is 290 g/mol. The van der Waals surface area contributed by atoms with Gasteiger partial charge in [0.1, 0.15) is 0 Å². The number of ether oxygens (including phenoxy) is 1. The van der Waals surface area contributed by atoms with Crippen LogP contribution in [0.3, 0.4) is 0 Å². The fourth-order valence-electron chi connectivity index (χ4n) is 2.89. The lowest BCUT2D eigenvalue weighted by Crippen LogP contribution is -2.42. The zero-order chi connectivity index (χ0) is 15.3. The molecule has 2 rings (SSSR count). The predicted octanol–water partition coefficient (Wildman–Crippen LogP) is 2.80. The molecule has 1 unspecified atom stereocenters. The molecule has 1 aromatic carbocycles. The van der Waals surface area contributed by atoms with Gasteiger partial charge in [0.05, 0.1) is 12.0 Å². The standard InChI is InChI=1S/C17H26N2O2/c1-4-21-11-14-7-5-6-8-15(14)19-16(20)17(13(2)3)9-10-18-12-17/h5-8,13,18H,4,9-12H2,1-3H3,(H,19,20). The number of carbonyl (C=O) groups is 1. The van der Waals surface area contributed by atoms with Crippen LogP contribution >= 0.6 is 0 Å². The number of hydrogen-bond donors (Lipinski definition) is 2. The Bertz CT molecular complexity index is 479. The van der Waals surface area contributed by atoms with Gasteiger partial charge in [0.2, 0.25) is 5.91 Å². The van der Waals surface area contributed by atoms with E-state index < -0.39 is 0 Å². The summed E-state index contributed by atoms with van der Waals surface area (Å²) < 4.78 is 5.48. The first-order valence-electron chi connectivity index (χ1n) is 7.78. The van der Waals surface area contributed by atoms with Crippen LogP contribution in [0.5, 0.6) is 0 Å². The van der Waals surface area contributed by atoms with Crippen LogP contribution in [-0.2, 0) is 16.1 Å². The molecule has 0 aliphatic carbocycles. The van der Waals surface area contributed by atoms with Crippen LogP contribution < -0.4 is 10.6 Å². The summed E-state index contributed by atoms with van der Waals surface area (Å²) in [5.74, 6) is 0.429. The van der Waals surface area contributed by atoms with Crippen molar-refractivity contribution < 1.29 is 9.53 Å². The Morgan fingerprint density at radius 1 is 1.43 bits per heavy atom. The molecule has 1 aliphatic heterocycles. The summed E-state index contributed by atoms with van der Waals surface area (Å²) in [5.41, 5.74) is 1.58. The molecule has 1 fully saturated rings. The summed E-state index contributed by atoms with van der Waals surface area (Å²) in [6.07, 6.45) is 0.893. The summed E-state index contributed by atoms with van der Waals surface area (Å²) in [4.78, 5) is 12.8. The number of carbonyl (C=O) groups excluding carboxylic acids is 1. The maximum atomic E-state index is 12.8. The Morgan fingerprint density at radius 3 is 2.81 bits per heavy atom. The van der Waals surface area contributed by atoms with Crippen LogP contribution in [0.1, 0.15) is 32.8 Å². The Morgan fingerprint density at radius 2 is 2.19 bits per heavy atom. The fraction of sp³-hybridized carbons (Fsp3) is 0.588. The number of anilines is 1. The molecule has 116 valence electrons. The van der Waals surface area contributed by atoms with Gasteiger partial charge in [-0.15, -0.1) is 0 Å². The molecule has 1 atom stereocenters. The molecule has 1 aliphatic rings. The average molecular weight is 290 g/mol. The lowest BCUT2D eigenvalue weighted by atomic mass is 9.75. The van der Waals surface area contributed by atoms with Crippen molar-refractivity contribution in [3.8, 4) is 0 Å². The maximum absolute atomic E-state index is 12.8. The van der Waals surface area contributed by atoms with Crippen molar-refractivity contribution in [2.45, 2.75) is 33.8 Å². The molecule has 1 saturated heterocycles. The minimum atomic E-state index is -0.307. The third kappa shape index (κ3) is 3.44. The molecule has 0 bridgehead atoms. The van der Waals surface area contributed by atoms with Crippen molar-refractivity contribution in [3.63, 3.8) is 0 Å². The second kappa shape index (κ2) is 7.05. The SMILES string of the molecule is CCOCc1ccccc1NC(=O)C1(C(C)C)CCNC1. The molecule has 0 spiro atoms. The Labute approximate surface area is 127 Å². The van der Waals surface area contributed by atoms with Crippen LogP contribution in [0.25, 0.3) is 0 Å². The Hall–Kier alpha value is -1.39. The largest absolute Gasteiger partial charge is 0.377 e. The van der Waals surface area contributed by atoms with Gasteiger partial charge >= 0.3 is 0 Å². The van der Waals surface area contributed by atoms with Crippen LogP contribution in [0.15, 0.2) is 24.3 Å². The smallest absolute Gasteiger partial charge is 0.232 e. The van der Waals surface area contributed by atoms with Gasteiger partial charge in [-0.2, -0.15) is 0 Å². The average Bonchev–Trinajstić information content (AvgIpc) is 2.97. The van der Waals surface area contributed by atoms with Gasteiger partial charge in [-0.25, -0.2) is 0 Å². The first kappa shape index (κ1) is 16.0. The van der Waals surface area contributed by atoms with Crippen LogP contribution in [0, 0.1) is 11.3 Å². The number of benzene rings is 1. The van der Waals surface area contributed by atoms with Gasteiger partial charge in [-0.05, 0) is 31.9 Å². The minimum Gasteiger partial charge on any atom is -0.377 e. The number of nitrogens with one attached hydrogen (secondary N) is 2. The third-order valence-electron chi connectivity index (χ3n) is 4.47. The van der Waals surface area contributed by atoms with Crippen molar-refractivity contribution in [1.29, 1.82) is 0 Å². The van der Waals surface area contributed by atoms with Crippen LogP contribution in [0.2, 0.25) is 0 Å². The van der Waals surface area contributed by atoms with Crippen molar-refractivity contribution in [2.75, 3.05) is 25.0 Å². The van der Waals surface area contributed by atoms with Gasteiger partial charge in [0.15, 0.2) is 0 Å². The van der Waals surface area contributed by atoms with E-state index in [0.29, 0.717) is 19.1 Å². The zero-order valence-electron chi connectivity index (χ0n) is 13.2. The molecule has 2 N–H and O–H groups in total. The highest BCUT2D eigenvalue weighted by Gasteiger charge is 2.43. The van der Waals surface area contributed by atoms with Crippen molar-refractivity contribution in [1.82, 2.24) is 5.32 Å². The van der Waals surface area contributed by atoms with E-state index in [2.05, 4.69) is 24.5 Å². The van der Waals surface area contributed by atoms with Gasteiger partial charge in [-0.1, -0.05) is 32.0 Å². The lowest BCUT2D eigenvalue weighted by Gasteiger charge is -2.31. The first-order chi connectivity index (χ1) is 10.1. The van der Waals surface area contributed by atoms with E-state index in [4.69, 9.17) is 4.74 Å². The number of rotatable bonds is 6. The van der Waals surface area contributed by atoms with Crippen molar-refractivity contribution in [3.05, 3.63) is 29.8 Å². The maximum Gasteiger partial charge on any atom is 0.232 e. The number of amides is 1. The van der Waals surface area contributed by atoms with Crippen LogP contribution in [-0.4, -0.2) is 25.6 Å². The molecule has 4 nitrogen and oxygen atoms in total. The van der Waals surface area contributed by atoms with E-state index in [0.717, 1.165) is 30.8 Å². The predicted molar refractivity (Wildman–Crippen MR) is 85.2 cm³/mol. The highest BCUT2D eigenvalue weighted by molar-refractivity contribution is 5.96. The van der Waals surface area contributed by atoms with Gasteiger partial charge in [0.25, 0.3) is 0 Å². The highest BCUT2D eigenvalue weighted by atomic mass is 16.5. The summed E-state index contributed by atoms with van der Waals surface area (Å²) in [5, 5.41) is 6.45. The van der Waals surface area contributed by atoms with Crippen molar-refractivity contribution >= 4 is 11.6 Å². The van der Waals surface area contributed by atoms with E-state index >= 15 is 0 Å². The number of hydrogen-bond acceptors (Lipinski definition) is 3. The fourth-order valence-corrected chi connectivity index (χ4v) is 2.89. The lowest BCUT2D eigenvalue weighted by molar-refractivity contribution is -0.126. The van der Waals surface area contributed by atoms with E-state index in [1.165, 1.54) is 0 Å². The molecular formula is C17H26N2O2. The van der Waals surface area contributed by atoms with E-state index in [1.54, 1.807) is 0 Å². The summed E-state index contributed by atoms with van der Waals surface area (Å²) in [6, 6.07) is 7.86. The van der Waals surface area contributed by atoms with Gasteiger partial charge in [0, 0.05) is 24.4 Å². The zero-order valence-corrected chi connectivity index (χ0v) is 13.2. The second-order valence-corrected chi connectivity index (χ2v) is 5.99. The van der Waals surface area contributed by atoms with E-state index in [-0.39, 0.29) is 11.3 Å². The topological polar surface area (TPSA) is 50.4 Å². The number of para-hydroxylation sites is 1. The second-order valence-electron chi connectivity index (χ2n) is 5.99. The molecule has 1 amide bonds. The third-order valence-corrected chi connectivity index (χ3v) is 4.47. The summed E-state index contributed by atoms with van der Waals surface area (Å²) in [6.45, 7) is 9.08. The molecule has 21 heavy (non-hydrogen) atoms. The van der Waals surface area contributed by atoms with Crippen molar-refractivity contribution in [2.24, 2.45) is 11.3 Å². The summed E-state index contributed by atoms with van der Waals surface area (Å²) in [7, 11) is 0. The molecule has 0 radical (unpaired) electrons. The molecule has 0 saturated carbocycles. The molecule has 1 heterocycles. The van der Waals surface area contributed by atoms with E-state index in [9.17, 15) is 4.79 Å². The quantitative estimate of drug-likeness (QED) is 0.847. The minimum absolute atomic E-state index is 0.117. The Balaban J connectivity index is 2.15. The molecule has 4 heteroatoms. The first-order valence-corrected chi connectivity index (χ1v) is 7.78. The normalized spacial score (nSPS) is 21.7. The summed E-state index contributed by atoms with van der Waals surface area (Å²) >= 11 is 0.